The molecule has 0 bridgehead atoms. The summed E-state index contributed by atoms with van der Waals surface area (Å²) in [6.07, 6.45) is 1.58. The number of aliphatic carboxylic acids is 2. The van der Waals surface area contributed by atoms with Crippen molar-refractivity contribution in [1.29, 1.82) is 0 Å². The van der Waals surface area contributed by atoms with E-state index in [1.54, 1.807) is 12.3 Å². The van der Waals surface area contributed by atoms with Gasteiger partial charge in [0.15, 0.2) is 0 Å². The Morgan fingerprint density at radius 1 is 1.28 bits per heavy atom. The lowest BCUT2D eigenvalue weighted by atomic mass is 9.95. The zero-order chi connectivity index (χ0) is 23.4. The number of fused-ring (bicyclic) bond motifs is 1. The highest BCUT2D eigenvalue weighted by Gasteiger charge is 2.25. The Morgan fingerprint density at radius 3 is 2.69 bits per heavy atom. The number of nitrogens with zero attached hydrogens (tertiary/aromatic N) is 1. The number of carbonyl (C=O) groups excluding carboxylic acids is 2. The SMILES string of the molecule is Nc1nc2[nH]cc(C(CC=O)c3ccc(C(=O)N[C@@H](CCC(=O)O)C(=O)O)s3)c2c(=O)[nH]1. The number of H-pyrrole nitrogens is 2. The van der Waals surface area contributed by atoms with Crippen LogP contribution in [-0.2, 0) is 14.4 Å². The number of rotatable bonds is 10. The van der Waals surface area contributed by atoms with Gasteiger partial charge in [-0.15, -0.1) is 11.3 Å². The fraction of sp³-hybridized carbons (Fsp3) is 0.263. The number of nitrogens with one attached hydrogen (secondary N) is 3. The number of hydrogen-bond donors (Lipinski definition) is 6. The first-order valence-electron chi connectivity index (χ1n) is 9.36. The third kappa shape index (κ3) is 4.83. The zero-order valence-electron chi connectivity index (χ0n) is 16.5. The molecule has 0 aliphatic heterocycles. The topological polar surface area (TPSA) is 208 Å². The van der Waals surface area contributed by atoms with Crippen molar-refractivity contribution in [3.8, 4) is 0 Å². The first kappa shape index (κ1) is 22.7. The van der Waals surface area contributed by atoms with E-state index in [4.69, 9.17) is 10.8 Å². The summed E-state index contributed by atoms with van der Waals surface area (Å²) in [6.45, 7) is 0. The summed E-state index contributed by atoms with van der Waals surface area (Å²) in [5.41, 5.74) is 5.84. The van der Waals surface area contributed by atoms with Crippen LogP contribution in [0.2, 0.25) is 0 Å². The Labute approximate surface area is 183 Å². The van der Waals surface area contributed by atoms with E-state index >= 15 is 0 Å². The van der Waals surface area contributed by atoms with Crippen molar-refractivity contribution in [3.63, 3.8) is 0 Å². The number of carboxylic acids is 2. The molecule has 1 amide bonds. The summed E-state index contributed by atoms with van der Waals surface area (Å²) in [7, 11) is 0. The van der Waals surface area contributed by atoms with Crippen molar-refractivity contribution < 1.29 is 29.4 Å². The number of thiophene rings is 1. The van der Waals surface area contributed by atoms with E-state index in [1.165, 1.54) is 6.07 Å². The molecule has 7 N–H and O–H groups in total. The fourth-order valence-corrected chi connectivity index (χ4v) is 4.31. The molecule has 2 atom stereocenters. The van der Waals surface area contributed by atoms with E-state index in [1.807, 2.05) is 0 Å². The molecule has 3 heterocycles. The van der Waals surface area contributed by atoms with Crippen LogP contribution >= 0.6 is 11.3 Å². The Hall–Kier alpha value is -4.00. The van der Waals surface area contributed by atoms with Gasteiger partial charge in [-0.05, 0) is 24.1 Å². The van der Waals surface area contributed by atoms with Gasteiger partial charge in [0.2, 0.25) is 5.95 Å². The van der Waals surface area contributed by atoms with Crippen LogP contribution in [0.15, 0.2) is 23.1 Å². The van der Waals surface area contributed by atoms with Crippen molar-refractivity contribution in [2.75, 3.05) is 5.73 Å². The normalized spacial score (nSPS) is 12.9. The zero-order valence-corrected chi connectivity index (χ0v) is 17.3. The van der Waals surface area contributed by atoms with Gasteiger partial charge in [-0.25, -0.2) is 4.79 Å². The summed E-state index contributed by atoms with van der Waals surface area (Å²) >= 11 is 1.03. The molecule has 0 saturated heterocycles. The molecule has 168 valence electrons. The molecule has 13 heteroatoms. The predicted octanol–water partition coefficient (Wildman–Crippen LogP) is 0.664. The van der Waals surface area contributed by atoms with Crippen molar-refractivity contribution >= 4 is 52.5 Å². The highest BCUT2D eigenvalue weighted by Crippen LogP contribution is 2.35. The van der Waals surface area contributed by atoms with Crippen LogP contribution in [0, 0.1) is 0 Å². The summed E-state index contributed by atoms with van der Waals surface area (Å²) in [5.74, 6) is -3.82. The number of anilines is 1. The second kappa shape index (κ2) is 9.43. The average Bonchev–Trinajstić information content (AvgIpc) is 3.36. The van der Waals surface area contributed by atoms with E-state index in [9.17, 15) is 29.1 Å². The third-order valence-corrected chi connectivity index (χ3v) is 5.94. The van der Waals surface area contributed by atoms with Crippen LogP contribution in [0.3, 0.4) is 0 Å². The van der Waals surface area contributed by atoms with Crippen molar-refractivity contribution in [2.45, 2.75) is 31.2 Å². The van der Waals surface area contributed by atoms with Crippen molar-refractivity contribution in [2.24, 2.45) is 0 Å². The average molecular weight is 461 g/mol. The van der Waals surface area contributed by atoms with Crippen LogP contribution in [0.25, 0.3) is 11.0 Å². The third-order valence-electron chi connectivity index (χ3n) is 4.74. The standard InChI is InChI=1S/C19H19N5O7S/c20-19-23-15-14(17(29)24-19)9(7-21-15)8(5-6-25)11-2-3-12(32-11)16(28)22-10(18(30)31)1-4-13(26)27/h2-3,6-8,10H,1,4-5H2,(H,22,28)(H,26,27)(H,30,31)(H4,20,21,23,24,29)/t8?,10-/m0/s1. The molecule has 32 heavy (non-hydrogen) atoms. The number of aromatic nitrogens is 3. The molecule has 0 aliphatic rings. The molecular weight excluding hydrogens is 442 g/mol. The van der Waals surface area contributed by atoms with Crippen LogP contribution < -0.4 is 16.6 Å². The smallest absolute Gasteiger partial charge is 0.326 e. The molecule has 0 aromatic carbocycles. The Morgan fingerprint density at radius 2 is 2.03 bits per heavy atom. The van der Waals surface area contributed by atoms with Crippen LogP contribution in [0.5, 0.6) is 0 Å². The molecule has 0 aliphatic carbocycles. The highest BCUT2D eigenvalue weighted by molar-refractivity contribution is 7.14. The highest BCUT2D eigenvalue weighted by atomic mass is 32.1. The minimum atomic E-state index is -1.36. The van der Waals surface area contributed by atoms with Gasteiger partial charge in [0.1, 0.15) is 18.0 Å². The minimum absolute atomic E-state index is 0.0225. The van der Waals surface area contributed by atoms with E-state index in [-0.39, 0.29) is 34.7 Å². The van der Waals surface area contributed by atoms with Gasteiger partial charge in [0, 0.05) is 29.8 Å². The van der Waals surface area contributed by atoms with E-state index in [0.717, 1.165) is 11.3 Å². The molecule has 0 radical (unpaired) electrons. The number of aromatic amines is 2. The maximum atomic E-state index is 12.5. The summed E-state index contributed by atoms with van der Waals surface area (Å²) in [5, 5.41) is 20.5. The van der Waals surface area contributed by atoms with Crippen LogP contribution in [0.4, 0.5) is 5.95 Å². The number of hydrogen-bond acceptors (Lipinski definition) is 8. The monoisotopic (exact) mass is 461 g/mol. The molecule has 3 rings (SSSR count). The van der Waals surface area contributed by atoms with E-state index in [2.05, 4.69) is 20.3 Å². The Bertz CT molecular complexity index is 1240. The number of nitrogen functional groups attached to an aromatic ring is 1. The van der Waals surface area contributed by atoms with Gasteiger partial charge >= 0.3 is 11.9 Å². The number of nitrogens with two attached hydrogens (primary N) is 1. The molecule has 12 nitrogen and oxygen atoms in total. The summed E-state index contributed by atoms with van der Waals surface area (Å²) in [6, 6.07) is 1.72. The van der Waals surface area contributed by atoms with Crippen molar-refractivity contribution in [3.05, 3.63) is 44.0 Å². The Kier molecular flexibility index (Phi) is 6.68. The second-order valence-electron chi connectivity index (χ2n) is 6.87. The van der Waals surface area contributed by atoms with Gasteiger partial charge in [-0.3, -0.25) is 19.4 Å². The number of carboxylic acid groups (broad SMARTS) is 2. The fourth-order valence-electron chi connectivity index (χ4n) is 3.27. The maximum Gasteiger partial charge on any atom is 0.326 e. The molecular formula is C19H19N5O7S. The van der Waals surface area contributed by atoms with Crippen LogP contribution in [-0.4, -0.2) is 55.3 Å². The minimum Gasteiger partial charge on any atom is -0.481 e. The molecule has 0 fully saturated rings. The molecule has 0 saturated carbocycles. The summed E-state index contributed by atoms with van der Waals surface area (Å²) in [4.78, 5) is 68.3. The molecule has 1 unspecified atom stereocenters. The van der Waals surface area contributed by atoms with Crippen LogP contribution in [0.1, 0.15) is 45.3 Å². The first-order chi connectivity index (χ1) is 15.2. The number of amides is 1. The number of aldehydes is 1. The predicted molar refractivity (Wildman–Crippen MR) is 114 cm³/mol. The Balaban J connectivity index is 1.88. The van der Waals surface area contributed by atoms with E-state index in [0.29, 0.717) is 16.7 Å². The van der Waals surface area contributed by atoms with Gasteiger partial charge in [-0.1, -0.05) is 0 Å². The molecule has 0 spiro atoms. The van der Waals surface area contributed by atoms with E-state index < -0.39 is 41.8 Å². The first-order valence-corrected chi connectivity index (χ1v) is 10.2. The number of carbonyl (C=O) groups is 4. The second-order valence-corrected chi connectivity index (χ2v) is 7.99. The lowest BCUT2D eigenvalue weighted by Crippen LogP contribution is -2.40. The lowest BCUT2D eigenvalue weighted by molar-refractivity contribution is -0.140. The van der Waals surface area contributed by atoms with Gasteiger partial charge < -0.3 is 31.0 Å². The van der Waals surface area contributed by atoms with Crippen molar-refractivity contribution in [1.82, 2.24) is 20.3 Å². The molecule has 3 aromatic rings. The quantitative estimate of drug-likeness (QED) is 0.234. The molecule has 3 aromatic heterocycles. The summed E-state index contributed by atoms with van der Waals surface area (Å²) < 4.78 is 0. The lowest BCUT2D eigenvalue weighted by Gasteiger charge is -2.13. The van der Waals surface area contributed by atoms with Gasteiger partial charge in [-0.2, -0.15) is 4.98 Å². The van der Waals surface area contributed by atoms with Gasteiger partial charge in [0.25, 0.3) is 11.5 Å². The van der Waals surface area contributed by atoms with Gasteiger partial charge in [0.05, 0.1) is 10.3 Å². The largest absolute Gasteiger partial charge is 0.481 e. The maximum absolute atomic E-state index is 12.5.